The molecule has 7 heteroatoms. The number of aliphatic carboxylic acids is 1. The molecule has 0 aromatic heterocycles. The summed E-state index contributed by atoms with van der Waals surface area (Å²) >= 11 is 1.28. The Morgan fingerprint density at radius 2 is 2.13 bits per heavy atom. The number of carboxylic acid groups (broad SMARTS) is 1. The molecule has 1 N–H and O–H groups in total. The minimum absolute atomic E-state index is 0.0960. The maximum Gasteiger partial charge on any atom is 0.323 e. The van der Waals surface area contributed by atoms with E-state index in [1.807, 2.05) is 0 Å². The number of amides is 1. The third kappa shape index (κ3) is 5.51. The lowest BCUT2D eigenvalue weighted by atomic mass is 10.2. The molecular formula is C16H20FNO4S. The van der Waals surface area contributed by atoms with Gasteiger partial charge >= 0.3 is 5.97 Å². The number of nitrogens with zero attached hydrogens (tertiary/aromatic N) is 1. The van der Waals surface area contributed by atoms with Crippen LogP contribution in [0.5, 0.6) is 0 Å². The van der Waals surface area contributed by atoms with E-state index in [4.69, 9.17) is 9.84 Å². The Morgan fingerprint density at radius 3 is 2.70 bits per heavy atom. The van der Waals surface area contributed by atoms with Gasteiger partial charge in [-0.15, -0.1) is 11.8 Å². The van der Waals surface area contributed by atoms with Crippen LogP contribution in [-0.2, 0) is 14.3 Å². The van der Waals surface area contributed by atoms with Crippen LogP contribution in [0.25, 0.3) is 0 Å². The number of carbonyl (C=O) groups is 2. The zero-order chi connectivity index (χ0) is 16.8. The van der Waals surface area contributed by atoms with E-state index < -0.39 is 11.2 Å². The predicted molar refractivity (Wildman–Crippen MR) is 84.9 cm³/mol. The molecule has 0 saturated carbocycles. The molecule has 5 nitrogen and oxygen atoms in total. The number of carbonyl (C=O) groups excluding carboxylic acids is 1. The lowest BCUT2D eigenvalue weighted by Gasteiger charge is -2.26. The molecule has 0 aliphatic carbocycles. The van der Waals surface area contributed by atoms with Crippen molar-refractivity contribution >= 4 is 23.6 Å². The molecule has 1 saturated heterocycles. The van der Waals surface area contributed by atoms with Gasteiger partial charge in [0.15, 0.2) is 0 Å². The van der Waals surface area contributed by atoms with Gasteiger partial charge in [0.1, 0.15) is 12.4 Å². The number of hydrogen-bond donors (Lipinski definition) is 1. The molecule has 0 bridgehead atoms. The molecule has 1 aliphatic heterocycles. The van der Waals surface area contributed by atoms with Crippen molar-refractivity contribution < 1.29 is 23.8 Å². The minimum Gasteiger partial charge on any atom is -0.480 e. The second-order valence-electron chi connectivity index (χ2n) is 5.46. The van der Waals surface area contributed by atoms with Crippen molar-refractivity contribution in [3.63, 3.8) is 0 Å². The molecule has 0 spiro atoms. The summed E-state index contributed by atoms with van der Waals surface area (Å²) in [5, 5.41) is 8.57. The predicted octanol–water partition coefficient (Wildman–Crippen LogP) is 2.40. The van der Waals surface area contributed by atoms with Crippen molar-refractivity contribution in [3.8, 4) is 0 Å². The van der Waals surface area contributed by atoms with Gasteiger partial charge in [-0.3, -0.25) is 9.59 Å². The summed E-state index contributed by atoms with van der Waals surface area (Å²) in [5.41, 5.74) is 0. The van der Waals surface area contributed by atoms with Gasteiger partial charge in [-0.1, -0.05) is 0 Å². The maximum atomic E-state index is 12.9. The first-order valence-corrected chi connectivity index (χ1v) is 8.38. The number of thioether (sulfide) groups is 1. The van der Waals surface area contributed by atoms with Crippen LogP contribution >= 0.6 is 11.8 Å². The Bertz CT molecular complexity index is 546. The summed E-state index contributed by atoms with van der Waals surface area (Å²) < 4.78 is 18.4. The van der Waals surface area contributed by atoms with E-state index in [9.17, 15) is 14.0 Å². The van der Waals surface area contributed by atoms with E-state index in [0.717, 1.165) is 17.7 Å². The highest BCUT2D eigenvalue weighted by Crippen LogP contribution is 2.25. The summed E-state index contributed by atoms with van der Waals surface area (Å²) in [5.74, 6) is -1.63. The molecule has 2 atom stereocenters. The van der Waals surface area contributed by atoms with Gasteiger partial charge in [-0.2, -0.15) is 0 Å². The standard InChI is InChI=1S/C16H20FNO4S/c1-11(23-14-6-4-12(17)5-7-14)16(21)18(10-15(19)20)9-13-3-2-8-22-13/h4-7,11,13H,2-3,8-10H2,1H3,(H,19,20). The summed E-state index contributed by atoms with van der Waals surface area (Å²) in [6, 6.07) is 5.87. The maximum absolute atomic E-state index is 12.9. The van der Waals surface area contributed by atoms with Gasteiger partial charge < -0.3 is 14.7 Å². The molecule has 2 rings (SSSR count). The Morgan fingerprint density at radius 1 is 1.43 bits per heavy atom. The molecule has 126 valence electrons. The summed E-state index contributed by atoms with van der Waals surface area (Å²) in [7, 11) is 0. The quantitative estimate of drug-likeness (QED) is 0.772. The average Bonchev–Trinajstić information content (AvgIpc) is 3.00. The number of rotatable bonds is 7. The van der Waals surface area contributed by atoms with Crippen LogP contribution in [0.15, 0.2) is 29.2 Å². The third-order valence-corrected chi connectivity index (χ3v) is 4.66. The summed E-state index contributed by atoms with van der Waals surface area (Å²) in [4.78, 5) is 25.7. The fourth-order valence-corrected chi connectivity index (χ4v) is 3.41. The smallest absolute Gasteiger partial charge is 0.323 e. The third-order valence-electron chi connectivity index (χ3n) is 3.56. The second kappa shape index (κ2) is 8.31. The Labute approximate surface area is 138 Å². The monoisotopic (exact) mass is 341 g/mol. The highest BCUT2D eigenvalue weighted by Gasteiger charge is 2.27. The Hall–Kier alpha value is -1.60. The van der Waals surface area contributed by atoms with Crippen LogP contribution in [0.2, 0.25) is 0 Å². The molecule has 1 aliphatic rings. The van der Waals surface area contributed by atoms with Crippen LogP contribution in [-0.4, -0.2) is 52.9 Å². The zero-order valence-corrected chi connectivity index (χ0v) is 13.7. The van der Waals surface area contributed by atoms with E-state index >= 15 is 0 Å². The van der Waals surface area contributed by atoms with Crippen LogP contribution in [0.3, 0.4) is 0 Å². The van der Waals surface area contributed by atoms with Crippen molar-refractivity contribution in [1.29, 1.82) is 0 Å². The topological polar surface area (TPSA) is 66.8 Å². The second-order valence-corrected chi connectivity index (χ2v) is 6.88. The molecule has 2 unspecified atom stereocenters. The Kier molecular flexibility index (Phi) is 6.41. The van der Waals surface area contributed by atoms with Gasteiger partial charge in [-0.05, 0) is 44.0 Å². The zero-order valence-electron chi connectivity index (χ0n) is 12.9. The van der Waals surface area contributed by atoms with Crippen LogP contribution < -0.4 is 0 Å². The van der Waals surface area contributed by atoms with Crippen LogP contribution in [0.4, 0.5) is 4.39 Å². The van der Waals surface area contributed by atoms with Gasteiger partial charge in [0.2, 0.25) is 5.91 Å². The summed E-state index contributed by atoms with van der Waals surface area (Å²) in [6.07, 6.45) is 1.67. The summed E-state index contributed by atoms with van der Waals surface area (Å²) in [6.45, 7) is 2.33. The molecule has 1 amide bonds. The van der Waals surface area contributed by atoms with E-state index in [1.54, 1.807) is 19.1 Å². The van der Waals surface area contributed by atoms with E-state index in [0.29, 0.717) is 13.2 Å². The van der Waals surface area contributed by atoms with Crippen molar-refractivity contribution in [3.05, 3.63) is 30.1 Å². The normalized spacial score (nSPS) is 18.6. The van der Waals surface area contributed by atoms with Crippen molar-refractivity contribution in [2.24, 2.45) is 0 Å². The fourth-order valence-electron chi connectivity index (χ4n) is 2.45. The first-order valence-electron chi connectivity index (χ1n) is 7.50. The van der Waals surface area contributed by atoms with Crippen LogP contribution in [0.1, 0.15) is 19.8 Å². The lowest BCUT2D eigenvalue weighted by molar-refractivity contribution is -0.145. The number of benzene rings is 1. The van der Waals surface area contributed by atoms with Gasteiger partial charge in [0.05, 0.1) is 11.4 Å². The van der Waals surface area contributed by atoms with Gasteiger partial charge in [0.25, 0.3) is 0 Å². The lowest BCUT2D eigenvalue weighted by Crippen LogP contribution is -2.44. The molecule has 1 heterocycles. The van der Waals surface area contributed by atoms with Crippen molar-refractivity contribution in [2.75, 3.05) is 19.7 Å². The fraction of sp³-hybridized carbons (Fsp3) is 0.500. The largest absolute Gasteiger partial charge is 0.480 e. The highest BCUT2D eigenvalue weighted by atomic mass is 32.2. The minimum atomic E-state index is -1.05. The molecule has 23 heavy (non-hydrogen) atoms. The molecule has 1 fully saturated rings. The van der Waals surface area contributed by atoms with Gasteiger partial charge in [0, 0.05) is 18.0 Å². The number of hydrogen-bond acceptors (Lipinski definition) is 4. The average molecular weight is 341 g/mol. The SMILES string of the molecule is CC(Sc1ccc(F)cc1)C(=O)N(CC(=O)O)CC1CCCO1. The molecular weight excluding hydrogens is 321 g/mol. The van der Waals surface area contributed by atoms with E-state index in [-0.39, 0.29) is 24.4 Å². The first kappa shape index (κ1) is 17.7. The van der Waals surface area contributed by atoms with Crippen molar-refractivity contribution in [1.82, 2.24) is 4.90 Å². The first-order chi connectivity index (χ1) is 11.0. The molecule has 0 radical (unpaired) electrons. The Balaban J connectivity index is 1.99. The van der Waals surface area contributed by atoms with E-state index in [2.05, 4.69) is 0 Å². The van der Waals surface area contributed by atoms with E-state index in [1.165, 1.54) is 28.8 Å². The van der Waals surface area contributed by atoms with Crippen molar-refractivity contribution in [2.45, 2.75) is 36.0 Å². The number of ether oxygens (including phenoxy) is 1. The highest BCUT2D eigenvalue weighted by molar-refractivity contribution is 8.00. The number of carboxylic acids is 1. The molecule has 1 aromatic rings. The van der Waals surface area contributed by atoms with Crippen LogP contribution in [0, 0.1) is 5.82 Å². The van der Waals surface area contributed by atoms with Gasteiger partial charge in [-0.25, -0.2) is 4.39 Å². The number of halogens is 1. The molecule has 1 aromatic carbocycles.